The number of likely N-dealkylation sites (N-methyl/N-ethyl adjacent to an activating group) is 1. The molecule has 0 aromatic heterocycles. The number of carbonyl (C=O) groups is 1. The van der Waals surface area contributed by atoms with Crippen LogP contribution >= 0.6 is 23.4 Å². The summed E-state index contributed by atoms with van der Waals surface area (Å²) in [6.45, 7) is 3.43. The Labute approximate surface area is 146 Å². The third kappa shape index (κ3) is 4.08. The Kier molecular flexibility index (Phi) is 5.26. The molecular formula is C18H19ClN2OS. The first kappa shape index (κ1) is 16.4. The molecule has 3 rings (SSSR count). The summed E-state index contributed by atoms with van der Waals surface area (Å²) < 4.78 is 0. The molecule has 0 unspecified atom stereocenters. The van der Waals surface area contributed by atoms with E-state index in [0.717, 1.165) is 46.6 Å². The van der Waals surface area contributed by atoms with Crippen LogP contribution in [-0.4, -0.2) is 48.9 Å². The first-order valence-electron chi connectivity index (χ1n) is 7.64. The van der Waals surface area contributed by atoms with Gasteiger partial charge in [0.1, 0.15) is 0 Å². The molecule has 2 aromatic carbocycles. The largest absolute Gasteiger partial charge is 0.336 e. The molecule has 120 valence electrons. The van der Waals surface area contributed by atoms with Crippen LogP contribution in [0.25, 0.3) is 0 Å². The minimum atomic E-state index is 0.121. The van der Waals surface area contributed by atoms with Crippen LogP contribution in [0.5, 0.6) is 0 Å². The van der Waals surface area contributed by atoms with Crippen molar-refractivity contribution in [3.63, 3.8) is 0 Å². The summed E-state index contributed by atoms with van der Waals surface area (Å²) in [5, 5.41) is 0.719. The first-order chi connectivity index (χ1) is 11.1. The lowest BCUT2D eigenvalue weighted by molar-refractivity contribution is 0.0660. The number of benzene rings is 2. The van der Waals surface area contributed by atoms with Crippen LogP contribution in [0.3, 0.4) is 0 Å². The molecule has 1 amide bonds. The van der Waals surface area contributed by atoms with Crippen LogP contribution in [0.2, 0.25) is 5.02 Å². The second kappa shape index (κ2) is 7.39. The normalized spacial score (nSPS) is 15.7. The zero-order valence-corrected chi connectivity index (χ0v) is 14.6. The van der Waals surface area contributed by atoms with Crippen molar-refractivity contribution < 1.29 is 4.79 Å². The molecule has 0 bridgehead atoms. The molecule has 1 saturated heterocycles. The molecule has 2 aromatic rings. The SMILES string of the molecule is CN1CCN(C(=O)c2ccccc2Sc2ccc(Cl)cc2)CC1. The number of hydrogen-bond donors (Lipinski definition) is 0. The van der Waals surface area contributed by atoms with Crippen LogP contribution in [-0.2, 0) is 0 Å². The molecule has 5 heteroatoms. The quantitative estimate of drug-likeness (QED) is 0.842. The van der Waals surface area contributed by atoms with Gasteiger partial charge in [-0.2, -0.15) is 0 Å². The van der Waals surface area contributed by atoms with Crippen molar-refractivity contribution in [1.29, 1.82) is 0 Å². The molecule has 1 fully saturated rings. The second-order valence-corrected chi connectivity index (χ2v) is 7.20. The van der Waals surface area contributed by atoms with Gasteiger partial charge >= 0.3 is 0 Å². The minimum absolute atomic E-state index is 0.121. The molecule has 1 heterocycles. The predicted octanol–water partition coefficient (Wildman–Crippen LogP) is 3.88. The predicted molar refractivity (Wildman–Crippen MR) is 95.4 cm³/mol. The molecule has 0 radical (unpaired) electrons. The summed E-state index contributed by atoms with van der Waals surface area (Å²) in [5.74, 6) is 0.121. The smallest absolute Gasteiger partial charge is 0.255 e. The Hall–Kier alpha value is -1.49. The van der Waals surface area contributed by atoms with Gasteiger partial charge in [0.2, 0.25) is 0 Å². The van der Waals surface area contributed by atoms with E-state index in [2.05, 4.69) is 11.9 Å². The maximum absolute atomic E-state index is 12.8. The summed E-state index contributed by atoms with van der Waals surface area (Å²) in [6, 6.07) is 15.5. The summed E-state index contributed by atoms with van der Waals surface area (Å²) >= 11 is 7.53. The van der Waals surface area contributed by atoms with Gasteiger partial charge in [0.25, 0.3) is 5.91 Å². The van der Waals surface area contributed by atoms with Crippen LogP contribution in [0.1, 0.15) is 10.4 Å². The molecule has 0 saturated carbocycles. The summed E-state index contributed by atoms with van der Waals surface area (Å²) in [6.07, 6.45) is 0. The van der Waals surface area contributed by atoms with Crippen molar-refractivity contribution in [1.82, 2.24) is 9.80 Å². The van der Waals surface area contributed by atoms with Gasteiger partial charge in [0.05, 0.1) is 5.56 Å². The highest BCUT2D eigenvalue weighted by molar-refractivity contribution is 7.99. The third-order valence-corrected chi connectivity index (χ3v) is 5.29. The average molecular weight is 347 g/mol. The number of nitrogens with zero attached hydrogens (tertiary/aromatic N) is 2. The molecule has 0 spiro atoms. The highest BCUT2D eigenvalue weighted by Gasteiger charge is 2.22. The van der Waals surface area contributed by atoms with E-state index >= 15 is 0 Å². The molecule has 0 N–H and O–H groups in total. The fourth-order valence-corrected chi connectivity index (χ4v) is 3.61. The lowest BCUT2D eigenvalue weighted by Gasteiger charge is -2.32. The third-order valence-electron chi connectivity index (χ3n) is 3.95. The molecule has 1 aliphatic rings. The fraction of sp³-hybridized carbons (Fsp3) is 0.278. The molecule has 0 atom stereocenters. The highest BCUT2D eigenvalue weighted by atomic mass is 35.5. The monoisotopic (exact) mass is 346 g/mol. The summed E-state index contributed by atoms with van der Waals surface area (Å²) in [7, 11) is 2.09. The molecule has 3 nitrogen and oxygen atoms in total. The van der Waals surface area contributed by atoms with E-state index in [1.807, 2.05) is 53.4 Å². The Bertz CT molecular complexity index is 682. The number of piperazine rings is 1. The van der Waals surface area contributed by atoms with E-state index in [-0.39, 0.29) is 5.91 Å². The maximum atomic E-state index is 12.8. The van der Waals surface area contributed by atoms with Crippen molar-refractivity contribution in [2.24, 2.45) is 0 Å². The lowest BCUT2D eigenvalue weighted by Crippen LogP contribution is -2.47. The van der Waals surface area contributed by atoms with Crippen LogP contribution in [0.15, 0.2) is 58.3 Å². The summed E-state index contributed by atoms with van der Waals surface area (Å²) in [4.78, 5) is 19.1. The van der Waals surface area contributed by atoms with Crippen molar-refractivity contribution in [3.8, 4) is 0 Å². The Morgan fingerprint density at radius 3 is 2.35 bits per heavy atom. The van der Waals surface area contributed by atoms with Gasteiger partial charge in [0, 0.05) is 41.0 Å². The van der Waals surface area contributed by atoms with Gasteiger partial charge in [-0.15, -0.1) is 0 Å². The lowest BCUT2D eigenvalue weighted by atomic mass is 10.2. The van der Waals surface area contributed by atoms with Crippen molar-refractivity contribution >= 4 is 29.3 Å². The standard InChI is InChI=1S/C18H19ClN2OS/c1-20-10-12-21(13-11-20)18(22)16-4-2-3-5-17(16)23-15-8-6-14(19)7-9-15/h2-9H,10-13H2,1H3. The number of halogens is 1. The summed E-state index contributed by atoms with van der Waals surface area (Å²) in [5.41, 5.74) is 0.775. The Balaban J connectivity index is 1.80. The highest BCUT2D eigenvalue weighted by Crippen LogP contribution is 2.31. The second-order valence-electron chi connectivity index (χ2n) is 5.65. The topological polar surface area (TPSA) is 23.6 Å². The Morgan fingerprint density at radius 1 is 1.00 bits per heavy atom. The average Bonchev–Trinajstić information content (AvgIpc) is 2.57. The van der Waals surface area contributed by atoms with Crippen molar-refractivity contribution in [2.45, 2.75) is 9.79 Å². The van der Waals surface area contributed by atoms with E-state index in [1.165, 1.54) is 0 Å². The van der Waals surface area contributed by atoms with E-state index in [4.69, 9.17) is 11.6 Å². The Morgan fingerprint density at radius 2 is 1.65 bits per heavy atom. The van der Waals surface area contributed by atoms with E-state index < -0.39 is 0 Å². The fourth-order valence-electron chi connectivity index (χ4n) is 2.54. The molecule has 0 aliphatic carbocycles. The minimum Gasteiger partial charge on any atom is -0.336 e. The van der Waals surface area contributed by atoms with Crippen molar-refractivity contribution in [2.75, 3.05) is 33.2 Å². The van der Waals surface area contributed by atoms with Gasteiger partial charge in [0.15, 0.2) is 0 Å². The van der Waals surface area contributed by atoms with Crippen LogP contribution in [0, 0.1) is 0 Å². The number of hydrogen-bond acceptors (Lipinski definition) is 3. The van der Waals surface area contributed by atoms with E-state index in [9.17, 15) is 4.79 Å². The van der Waals surface area contributed by atoms with E-state index in [1.54, 1.807) is 11.8 Å². The van der Waals surface area contributed by atoms with Crippen LogP contribution in [0.4, 0.5) is 0 Å². The van der Waals surface area contributed by atoms with Gasteiger partial charge in [-0.1, -0.05) is 35.5 Å². The zero-order chi connectivity index (χ0) is 16.2. The number of rotatable bonds is 3. The molecular weight excluding hydrogens is 328 g/mol. The molecule has 23 heavy (non-hydrogen) atoms. The number of amides is 1. The maximum Gasteiger partial charge on any atom is 0.255 e. The van der Waals surface area contributed by atoms with Gasteiger partial charge < -0.3 is 9.80 Å². The first-order valence-corrected chi connectivity index (χ1v) is 8.83. The zero-order valence-electron chi connectivity index (χ0n) is 13.0. The van der Waals surface area contributed by atoms with Gasteiger partial charge in [-0.25, -0.2) is 0 Å². The van der Waals surface area contributed by atoms with Crippen LogP contribution < -0.4 is 0 Å². The molecule has 1 aliphatic heterocycles. The van der Waals surface area contributed by atoms with Gasteiger partial charge in [-0.05, 0) is 43.4 Å². The van der Waals surface area contributed by atoms with Crippen molar-refractivity contribution in [3.05, 3.63) is 59.1 Å². The van der Waals surface area contributed by atoms with E-state index in [0.29, 0.717) is 0 Å². The number of carbonyl (C=O) groups excluding carboxylic acids is 1. The van der Waals surface area contributed by atoms with Gasteiger partial charge in [-0.3, -0.25) is 4.79 Å².